The smallest absolute Gasteiger partial charge is 0.257 e. The van der Waals surface area contributed by atoms with E-state index in [2.05, 4.69) is 20.2 Å². The Morgan fingerprint density at radius 2 is 2.11 bits per heavy atom. The van der Waals surface area contributed by atoms with Crippen molar-refractivity contribution in [2.45, 2.75) is 31.5 Å². The third-order valence-electron chi connectivity index (χ3n) is 2.50. The van der Waals surface area contributed by atoms with E-state index in [1.54, 1.807) is 0 Å². The fourth-order valence-electron chi connectivity index (χ4n) is 1.45. The number of hydrogen-bond acceptors (Lipinski definition) is 5. The molecule has 0 atom stereocenters. The molecule has 0 saturated heterocycles. The molecule has 0 amide bonds. The van der Waals surface area contributed by atoms with Gasteiger partial charge in [0.25, 0.3) is 10.0 Å². The third-order valence-corrected chi connectivity index (χ3v) is 3.97. The highest BCUT2D eigenvalue weighted by atomic mass is 32.2. The minimum atomic E-state index is -3.53. The molecule has 8 heteroatoms. The Bertz CT molecular complexity index is 481. The Labute approximate surface area is 114 Å². The number of nitrogens with zero attached hydrogens (tertiary/aromatic N) is 2. The number of aromatic nitrogens is 2. The van der Waals surface area contributed by atoms with Gasteiger partial charge in [-0.15, -0.1) is 0 Å². The van der Waals surface area contributed by atoms with Crippen LogP contribution in [0, 0.1) is 0 Å². The zero-order valence-electron chi connectivity index (χ0n) is 11.9. The molecule has 3 N–H and O–H groups in total. The van der Waals surface area contributed by atoms with E-state index in [1.165, 1.54) is 6.20 Å². The number of hydrogen-bond donors (Lipinski definition) is 3. The summed E-state index contributed by atoms with van der Waals surface area (Å²) in [5.41, 5.74) is 0.644. The second kappa shape index (κ2) is 6.99. The van der Waals surface area contributed by atoms with Crippen molar-refractivity contribution in [2.75, 3.05) is 27.2 Å². The van der Waals surface area contributed by atoms with Crippen LogP contribution in [0.5, 0.6) is 0 Å². The van der Waals surface area contributed by atoms with Gasteiger partial charge in [-0.3, -0.25) is 5.10 Å². The molecule has 0 aromatic carbocycles. The van der Waals surface area contributed by atoms with E-state index in [9.17, 15) is 8.42 Å². The number of likely N-dealkylation sites (N-methyl/N-ethyl adjacent to an activating group) is 1. The normalized spacial score (nSPS) is 12.5. The maximum absolute atomic E-state index is 12.1. The van der Waals surface area contributed by atoms with Crippen LogP contribution >= 0.6 is 0 Å². The summed E-state index contributed by atoms with van der Waals surface area (Å²) in [4.78, 5) is 1.91. The molecule has 0 bridgehead atoms. The fourth-order valence-corrected chi connectivity index (χ4v) is 2.59. The largest absolute Gasteiger partial charge is 0.310 e. The molecule has 0 aliphatic heterocycles. The van der Waals surface area contributed by atoms with Crippen molar-refractivity contribution in [3.63, 3.8) is 0 Å². The van der Waals surface area contributed by atoms with Crippen molar-refractivity contribution in [3.8, 4) is 0 Å². The van der Waals surface area contributed by atoms with Crippen molar-refractivity contribution in [3.05, 3.63) is 11.8 Å². The molecule has 0 radical (unpaired) electrons. The van der Waals surface area contributed by atoms with Crippen LogP contribution in [0.3, 0.4) is 0 Å². The molecular formula is C11H23N5O2S. The SMILES string of the molecule is CC(C)NCc1cn[nH]c1S(=O)(=O)NCCN(C)C. The van der Waals surface area contributed by atoms with E-state index in [4.69, 9.17) is 0 Å². The average molecular weight is 289 g/mol. The van der Waals surface area contributed by atoms with Gasteiger partial charge in [-0.05, 0) is 14.1 Å². The summed E-state index contributed by atoms with van der Waals surface area (Å²) in [5, 5.41) is 9.68. The molecule has 0 saturated carbocycles. The van der Waals surface area contributed by atoms with Crippen molar-refractivity contribution < 1.29 is 8.42 Å². The minimum Gasteiger partial charge on any atom is -0.310 e. The maximum Gasteiger partial charge on any atom is 0.257 e. The van der Waals surface area contributed by atoms with Gasteiger partial charge < -0.3 is 10.2 Å². The first-order valence-corrected chi connectivity index (χ1v) is 7.71. The van der Waals surface area contributed by atoms with Gasteiger partial charge in [0.1, 0.15) is 0 Å². The molecule has 0 fully saturated rings. The molecule has 19 heavy (non-hydrogen) atoms. The van der Waals surface area contributed by atoms with E-state index in [1.807, 2.05) is 32.8 Å². The molecule has 1 heterocycles. The predicted octanol–water partition coefficient (Wildman–Crippen LogP) is -0.252. The number of H-pyrrole nitrogens is 1. The lowest BCUT2D eigenvalue weighted by Gasteiger charge is -2.11. The van der Waals surface area contributed by atoms with Gasteiger partial charge in [0.05, 0.1) is 6.20 Å². The summed E-state index contributed by atoms with van der Waals surface area (Å²) in [5.74, 6) is 0. The Balaban J connectivity index is 2.70. The van der Waals surface area contributed by atoms with Gasteiger partial charge >= 0.3 is 0 Å². The molecule has 7 nitrogen and oxygen atoms in total. The average Bonchev–Trinajstić information content (AvgIpc) is 2.74. The van der Waals surface area contributed by atoms with E-state index >= 15 is 0 Å². The van der Waals surface area contributed by atoms with Crippen LogP contribution in [-0.4, -0.2) is 56.7 Å². The molecule has 110 valence electrons. The van der Waals surface area contributed by atoms with Gasteiger partial charge in [-0.2, -0.15) is 5.10 Å². The first kappa shape index (κ1) is 16.1. The lowest BCUT2D eigenvalue weighted by Crippen LogP contribution is -2.32. The monoisotopic (exact) mass is 289 g/mol. The topological polar surface area (TPSA) is 90.1 Å². The first-order chi connectivity index (χ1) is 8.83. The van der Waals surface area contributed by atoms with Crippen molar-refractivity contribution in [2.24, 2.45) is 0 Å². The highest BCUT2D eigenvalue weighted by molar-refractivity contribution is 7.89. The second-order valence-corrected chi connectivity index (χ2v) is 6.66. The van der Waals surface area contributed by atoms with E-state index in [-0.39, 0.29) is 11.1 Å². The summed E-state index contributed by atoms with van der Waals surface area (Å²) < 4.78 is 26.8. The predicted molar refractivity (Wildman–Crippen MR) is 74.3 cm³/mol. The van der Waals surface area contributed by atoms with Gasteiger partial charge in [0.15, 0.2) is 5.03 Å². The van der Waals surface area contributed by atoms with Gasteiger partial charge in [-0.25, -0.2) is 13.1 Å². The molecule has 1 aromatic rings. The second-order valence-electron chi connectivity index (χ2n) is 4.96. The maximum atomic E-state index is 12.1. The Morgan fingerprint density at radius 3 is 2.68 bits per heavy atom. The molecule has 0 aliphatic rings. The summed E-state index contributed by atoms with van der Waals surface area (Å²) >= 11 is 0. The Hall–Kier alpha value is -0.960. The molecule has 1 aromatic heterocycles. The zero-order valence-corrected chi connectivity index (χ0v) is 12.7. The Morgan fingerprint density at radius 1 is 1.42 bits per heavy atom. The number of rotatable bonds is 8. The summed E-state index contributed by atoms with van der Waals surface area (Å²) in [6, 6.07) is 0.284. The standard InChI is InChI=1S/C11H23N5O2S/c1-9(2)12-7-10-8-13-15-11(10)19(17,18)14-5-6-16(3)4/h8-9,12,14H,5-7H2,1-4H3,(H,13,15). The van der Waals surface area contributed by atoms with Crippen LogP contribution < -0.4 is 10.0 Å². The van der Waals surface area contributed by atoms with Gasteiger partial charge in [-0.1, -0.05) is 13.8 Å². The van der Waals surface area contributed by atoms with Crippen molar-refractivity contribution in [1.82, 2.24) is 25.1 Å². The van der Waals surface area contributed by atoms with Gasteiger partial charge in [0, 0.05) is 31.2 Å². The van der Waals surface area contributed by atoms with Crippen LogP contribution in [0.25, 0.3) is 0 Å². The number of sulfonamides is 1. The summed E-state index contributed by atoms with van der Waals surface area (Å²) in [7, 11) is 0.257. The molecule has 0 unspecified atom stereocenters. The van der Waals surface area contributed by atoms with E-state index in [0.717, 1.165) is 0 Å². The lowest BCUT2D eigenvalue weighted by molar-refractivity contribution is 0.412. The number of nitrogens with one attached hydrogen (secondary N) is 3. The zero-order chi connectivity index (χ0) is 14.5. The highest BCUT2D eigenvalue weighted by Crippen LogP contribution is 2.11. The van der Waals surface area contributed by atoms with E-state index in [0.29, 0.717) is 25.2 Å². The first-order valence-electron chi connectivity index (χ1n) is 6.23. The Kier molecular flexibility index (Phi) is 5.92. The highest BCUT2D eigenvalue weighted by Gasteiger charge is 2.20. The van der Waals surface area contributed by atoms with E-state index < -0.39 is 10.0 Å². The molecule has 1 rings (SSSR count). The summed E-state index contributed by atoms with van der Waals surface area (Å²) in [6.07, 6.45) is 1.54. The van der Waals surface area contributed by atoms with Crippen LogP contribution in [-0.2, 0) is 16.6 Å². The quantitative estimate of drug-likeness (QED) is 0.614. The molecule has 0 spiro atoms. The fraction of sp³-hybridized carbons (Fsp3) is 0.727. The van der Waals surface area contributed by atoms with Crippen LogP contribution in [0.2, 0.25) is 0 Å². The van der Waals surface area contributed by atoms with Crippen LogP contribution in [0.1, 0.15) is 19.4 Å². The van der Waals surface area contributed by atoms with Crippen LogP contribution in [0.4, 0.5) is 0 Å². The molecule has 0 aliphatic carbocycles. The minimum absolute atomic E-state index is 0.138. The lowest BCUT2D eigenvalue weighted by atomic mass is 10.3. The summed E-state index contributed by atoms with van der Waals surface area (Å²) in [6.45, 7) is 5.49. The van der Waals surface area contributed by atoms with Crippen molar-refractivity contribution >= 4 is 10.0 Å². The van der Waals surface area contributed by atoms with Crippen molar-refractivity contribution in [1.29, 1.82) is 0 Å². The van der Waals surface area contributed by atoms with Crippen LogP contribution in [0.15, 0.2) is 11.2 Å². The van der Waals surface area contributed by atoms with Gasteiger partial charge in [0.2, 0.25) is 0 Å². The number of aromatic amines is 1. The third kappa shape index (κ3) is 5.27. The molecular weight excluding hydrogens is 266 g/mol.